The van der Waals surface area contributed by atoms with E-state index in [0.717, 1.165) is 22.9 Å². The number of hydrogen-bond donors (Lipinski definition) is 1. The highest BCUT2D eigenvalue weighted by molar-refractivity contribution is 7.98. The molecule has 1 N–H and O–H groups in total. The van der Waals surface area contributed by atoms with Crippen molar-refractivity contribution in [3.8, 4) is 0 Å². The second kappa shape index (κ2) is 5.24. The Labute approximate surface area is 81.7 Å². The Bertz CT molecular complexity index is 252. The van der Waals surface area contributed by atoms with Gasteiger partial charge in [-0.2, -0.15) is 11.8 Å². The summed E-state index contributed by atoms with van der Waals surface area (Å²) in [5.74, 6) is 2.08. The summed E-state index contributed by atoms with van der Waals surface area (Å²) in [6.45, 7) is 4.13. The van der Waals surface area contributed by atoms with Crippen molar-refractivity contribution in [2.24, 2.45) is 5.92 Å². The third kappa shape index (κ3) is 3.36. The van der Waals surface area contributed by atoms with Gasteiger partial charge in [0, 0.05) is 12.4 Å². The van der Waals surface area contributed by atoms with Crippen LogP contribution in [0.25, 0.3) is 0 Å². The van der Waals surface area contributed by atoms with Gasteiger partial charge in [0.2, 0.25) is 0 Å². The van der Waals surface area contributed by atoms with Crippen molar-refractivity contribution >= 4 is 11.8 Å². The summed E-state index contributed by atoms with van der Waals surface area (Å²) in [5, 5.41) is 16.2. The molecule has 74 valence electrons. The lowest BCUT2D eigenvalue weighted by Crippen LogP contribution is -2.03. The van der Waals surface area contributed by atoms with Gasteiger partial charge >= 0.3 is 0 Å². The normalized spacial score (nSPS) is 13.2. The summed E-state index contributed by atoms with van der Waals surface area (Å²) >= 11 is 1.74. The van der Waals surface area contributed by atoms with Gasteiger partial charge in [0.25, 0.3) is 0 Å². The molecule has 1 aromatic rings. The molecule has 0 aliphatic rings. The van der Waals surface area contributed by atoms with Crippen molar-refractivity contribution < 1.29 is 9.74 Å². The highest BCUT2D eigenvalue weighted by Gasteiger charge is 2.06. The van der Waals surface area contributed by atoms with Crippen molar-refractivity contribution in [2.75, 3.05) is 12.4 Å². The zero-order valence-electron chi connectivity index (χ0n) is 7.86. The van der Waals surface area contributed by atoms with Crippen molar-refractivity contribution in [1.29, 1.82) is 0 Å². The average molecular weight is 202 g/mol. The van der Waals surface area contributed by atoms with E-state index < -0.39 is 0 Å². The molecule has 13 heavy (non-hydrogen) atoms. The van der Waals surface area contributed by atoms with Crippen molar-refractivity contribution in [1.82, 2.24) is 10.3 Å². The van der Waals surface area contributed by atoms with E-state index in [9.17, 15) is 0 Å². The standard InChI is InChI=1S/C8H14N2O2S/c1-6(3-11)4-13-5-8-7(2)9-12-10-8/h6,11H,3-5H2,1-2H3. The molecule has 0 bridgehead atoms. The molecule has 4 nitrogen and oxygen atoms in total. The zero-order chi connectivity index (χ0) is 9.68. The Hall–Kier alpha value is -0.550. The van der Waals surface area contributed by atoms with Gasteiger partial charge in [-0.25, -0.2) is 4.63 Å². The van der Waals surface area contributed by atoms with E-state index in [-0.39, 0.29) is 6.61 Å². The van der Waals surface area contributed by atoms with Gasteiger partial charge in [-0.1, -0.05) is 17.2 Å². The highest BCUT2D eigenvalue weighted by atomic mass is 32.2. The maximum absolute atomic E-state index is 8.79. The van der Waals surface area contributed by atoms with Crippen LogP contribution in [0.5, 0.6) is 0 Å². The van der Waals surface area contributed by atoms with E-state index >= 15 is 0 Å². The summed E-state index contributed by atoms with van der Waals surface area (Å²) < 4.78 is 4.57. The first-order valence-electron chi connectivity index (χ1n) is 4.20. The number of nitrogens with zero attached hydrogens (tertiary/aromatic N) is 2. The lowest BCUT2D eigenvalue weighted by molar-refractivity contribution is 0.250. The second-order valence-corrected chi connectivity index (χ2v) is 4.13. The van der Waals surface area contributed by atoms with Crippen LogP contribution in [0.4, 0.5) is 0 Å². The molecule has 0 aromatic carbocycles. The summed E-state index contributed by atoms with van der Waals surface area (Å²) in [6, 6.07) is 0. The lowest BCUT2D eigenvalue weighted by atomic mass is 10.2. The quantitative estimate of drug-likeness (QED) is 0.778. The largest absolute Gasteiger partial charge is 0.396 e. The molecule has 0 aliphatic heterocycles. The molecular formula is C8H14N2O2S. The highest BCUT2D eigenvalue weighted by Crippen LogP contribution is 2.15. The zero-order valence-corrected chi connectivity index (χ0v) is 8.67. The van der Waals surface area contributed by atoms with Crippen molar-refractivity contribution in [2.45, 2.75) is 19.6 Å². The van der Waals surface area contributed by atoms with Crippen LogP contribution in [0.3, 0.4) is 0 Å². The molecule has 0 aliphatic carbocycles. The molecule has 0 spiro atoms. The number of aromatic nitrogens is 2. The molecular weight excluding hydrogens is 188 g/mol. The maximum Gasteiger partial charge on any atom is 0.117 e. The summed E-state index contributed by atoms with van der Waals surface area (Å²) in [5.41, 5.74) is 1.75. The van der Waals surface area contributed by atoms with Gasteiger partial charge in [-0.3, -0.25) is 0 Å². The number of rotatable bonds is 5. The van der Waals surface area contributed by atoms with Gasteiger partial charge < -0.3 is 5.11 Å². The van der Waals surface area contributed by atoms with E-state index in [4.69, 9.17) is 5.11 Å². The Morgan fingerprint density at radius 3 is 2.85 bits per heavy atom. The third-order valence-electron chi connectivity index (χ3n) is 1.70. The van der Waals surface area contributed by atoms with Gasteiger partial charge in [-0.05, 0) is 18.6 Å². The minimum atomic E-state index is 0.239. The number of aliphatic hydroxyl groups excluding tert-OH is 1. The van der Waals surface area contributed by atoms with E-state index in [1.54, 1.807) is 11.8 Å². The summed E-state index contributed by atoms with van der Waals surface area (Å²) in [6.07, 6.45) is 0. The van der Waals surface area contributed by atoms with Crippen LogP contribution in [0, 0.1) is 12.8 Å². The first-order chi connectivity index (χ1) is 6.24. The third-order valence-corrected chi connectivity index (χ3v) is 2.98. The fourth-order valence-electron chi connectivity index (χ4n) is 0.790. The van der Waals surface area contributed by atoms with Crippen LogP contribution in [0.2, 0.25) is 0 Å². The molecule has 0 radical (unpaired) electrons. The van der Waals surface area contributed by atoms with E-state index in [1.807, 2.05) is 13.8 Å². The molecule has 0 saturated heterocycles. The summed E-state index contributed by atoms with van der Waals surface area (Å²) in [4.78, 5) is 0. The van der Waals surface area contributed by atoms with Gasteiger partial charge in [-0.15, -0.1) is 0 Å². The number of thioether (sulfide) groups is 1. The van der Waals surface area contributed by atoms with E-state index in [0.29, 0.717) is 5.92 Å². The molecule has 1 rings (SSSR count). The SMILES string of the molecule is Cc1nonc1CSCC(C)CO. The molecule has 0 fully saturated rings. The van der Waals surface area contributed by atoms with E-state index in [1.165, 1.54) is 0 Å². The second-order valence-electron chi connectivity index (χ2n) is 3.10. The fourth-order valence-corrected chi connectivity index (χ4v) is 1.87. The lowest BCUT2D eigenvalue weighted by Gasteiger charge is -2.05. The van der Waals surface area contributed by atoms with Crippen molar-refractivity contribution in [3.05, 3.63) is 11.4 Å². The minimum absolute atomic E-state index is 0.239. The van der Waals surface area contributed by atoms with Crippen LogP contribution in [-0.2, 0) is 5.75 Å². The van der Waals surface area contributed by atoms with Crippen LogP contribution in [-0.4, -0.2) is 27.8 Å². The Morgan fingerprint density at radius 1 is 1.54 bits per heavy atom. The molecule has 1 unspecified atom stereocenters. The Morgan fingerprint density at radius 2 is 2.31 bits per heavy atom. The average Bonchev–Trinajstić information content (AvgIpc) is 2.52. The summed E-state index contributed by atoms with van der Waals surface area (Å²) in [7, 11) is 0. The first-order valence-corrected chi connectivity index (χ1v) is 5.36. The van der Waals surface area contributed by atoms with Crippen molar-refractivity contribution in [3.63, 3.8) is 0 Å². The molecule has 1 atom stereocenters. The number of aryl methyl sites for hydroxylation is 1. The topological polar surface area (TPSA) is 59.2 Å². The van der Waals surface area contributed by atoms with Gasteiger partial charge in [0.05, 0.1) is 0 Å². The Kier molecular flexibility index (Phi) is 4.24. The smallest absolute Gasteiger partial charge is 0.117 e. The van der Waals surface area contributed by atoms with Gasteiger partial charge in [0.1, 0.15) is 11.4 Å². The monoisotopic (exact) mass is 202 g/mol. The van der Waals surface area contributed by atoms with E-state index in [2.05, 4.69) is 14.9 Å². The number of aliphatic hydroxyl groups is 1. The molecule has 0 amide bonds. The molecule has 0 saturated carbocycles. The molecule has 1 heterocycles. The van der Waals surface area contributed by atoms with Crippen LogP contribution >= 0.6 is 11.8 Å². The van der Waals surface area contributed by atoms with Crippen LogP contribution in [0.1, 0.15) is 18.3 Å². The maximum atomic E-state index is 8.79. The van der Waals surface area contributed by atoms with Crippen LogP contribution < -0.4 is 0 Å². The Balaban J connectivity index is 2.24. The minimum Gasteiger partial charge on any atom is -0.396 e. The number of hydrogen-bond acceptors (Lipinski definition) is 5. The fraction of sp³-hybridized carbons (Fsp3) is 0.750. The molecule has 1 aromatic heterocycles. The molecule has 5 heteroatoms. The first kappa shape index (κ1) is 10.5. The van der Waals surface area contributed by atoms with Gasteiger partial charge in [0.15, 0.2) is 0 Å². The predicted molar refractivity (Wildman–Crippen MR) is 51.4 cm³/mol. The van der Waals surface area contributed by atoms with Crippen LogP contribution in [0.15, 0.2) is 4.63 Å². The predicted octanol–water partition coefficient (Wildman–Crippen LogP) is 1.24.